The van der Waals surface area contributed by atoms with Crippen LogP contribution in [0.1, 0.15) is 12.0 Å². The normalized spacial score (nSPS) is 12.3. The number of fused-ring (bicyclic) bond motifs is 1. The molecule has 0 bridgehead atoms. The third kappa shape index (κ3) is 5.17. The van der Waals surface area contributed by atoms with Gasteiger partial charge in [0, 0.05) is 6.42 Å². The number of hydrogen-bond acceptors (Lipinski definition) is 6. The first-order valence-corrected chi connectivity index (χ1v) is 11.0. The summed E-state index contributed by atoms with van der Waals surface area (Å²) < 4.78 is 30.0. The van der Waals surface area contributed by atoms with Crippen molar-refractivity contribution in [1.29, 1.82) is 0 Å². The summed E-state index contributed by atoms with van der Waals surface area (Å²) >= 11 is 1.10. The summed E-state index contributed by atoms with van der Waals surface area (Å²) in [6.45, 7) is -0.157. The van der Waals surface area contributed by atoms with Crippen LogP contribution in [0.2, 0.25) is 0 Å². The van der Waals surface area contributed by atoms with Crippen molar-refractivity contribution in [2.45, 2.75) is 24.3 Å². The second-order valence-electron chi connectivity index (χ2n) is 6.21. The molecule has 0 aliphatic rings. The van der Waals surface area contributed by atoms with Gasteiger partial charge in [0.2, 0.25) is 15.9 Å². The van der Waals surface area contributed by atoms with Gasteiger partial charge in [0.05, 0.1) is 22.2 Å². The zero-order valence-corrected chi connectivity index (χ0v) is 17.2. The Balaban J connectivity index is 1.99. The lowest BCUT2D eigenvalue weighted by atomic mass is 10.1. The number of methoxy groups -OCH3 is 1. The number of hydrogen-bond donors (Lipinski definition) is 1. The molecular weight excluding hydrogens is 414 g/mol. The first-order chi connectivity index (χ1) is 13.8. The van der Waals surface area contributed by atoms with E-state index >= 15 is 0 Å². The maximum absolute atomic E-state index is 12.4. The summed E-state index contributed by atoms with van der Waals surface area (Å²) in [6.07, 6.45) is 0.750. The van der Waals surface area contributed by atoms with Crippen LogP contribution in [-0.4, -0.2) is 32.0 Å². The first kappa shape index (κ1) is 20.9. The van der Waals surface area contributed by atoms with E-state index in [0.29, 0.717) is 16.6 Å². The lowest BCUT2D eigenvalue weighted by molar-refractivity contribution is -0.141. The Morgan fingerprint density at radius 3 is 2.55 bits per heavy atom. The van der Waals surface area contributed by atoms with Gasteiger partial charge in [-0.15, -0.1) is 0 Å². The number of sulfonamides is 1. The molecule has 0 aliphatic carbocycles. The SMILES string of the molecule is COC(=O)Cn1c(=NC(=O)CCc2ccccc2)sc2cc(S(N)(=O)=O)ccc21. The third-order valence-electron chi connectivity index (χ3n) is 4.19. The van der Waals surface area contributed by atoms with Crippen LogP contribution in [0, 0.1) is 0 Å². The van der Waals surface area contributed by atoms with E-state index in [4.69, 9.17) is 9.88 Å². The first-order valence-electron chi connectivity index (χ1n) is 8.62. The van der Waals surface area contributed by atoms with Crippen LogP contribution in [0.4, 0.5) is 0 Å². The predicted molar refractivity (Wildman–Crippen MR) is 109 cm³/mol. The van der Waals surface area contributed by atoms with Crippen LogP contribution in [0.5, 0.6) is 0 Å². The van der Waals surface area contributed by atoms with Crippen LogP contribution in [0.15, 0.2) is 58.4 Å². The second-order valence-corrected chi connectivity index (χ2v) is 8.78. The van der Waals surface area contributed by atoms with Crippen molar-refractivity contribution in [2.24, 2.45) is 10.1 Å². The molecule has 0 atom stereocenters. The number of esters is 1. The molecule has 0 unspecified atom stereocenters. The van der Waals surface area contributed by atoms with Gasteiger partial charge in [-0.25, -0.2) is 13.6 Å². The van der Waals surface area contributed by atoms with E-state index in [1.165, 1.54) is 29.9 Å². The lowest BCUT2D eigenvalue weighted by Crippen LogP contribution is -2.22. The second kappa shape index (κ2) is 8.68. The number of aryl methyl sites for hydroxylation is 1. The molecule has 152 valence electrons. The number of carbonyl (C=O) groups excluding carboxylic acids is 2. The Labute approximate surface area is 171 Å². The van der Waals surface area contributed by atoms with Gasteiger partial charge in [0.25, 0.3) is 0 Å². The van der Waals surface area contributed by atoms with Crippen molar-refractivity contribution >= 4 is 43.5 Å². The van der Waals surface area contributed by atoms with Gasteiger partial charge in [0.15, 0.2) is 4.80 Å². The molecule has 0 radical (unpaired) electrons. The predicted octanol–water partition coefficient (Wildman–Crippen LogP) is 1.58. The number of nitrogens with zero attached hydrogens (tertiary/aromatic N) is 2. The van der Waals surface area contributed by atoms with Crippen molar-refractivity contribution < 1.29 is 22.7 Å². The number of aromatic nitrogens is 1. The highest BCUT2D eigenvalue weighted by molar-refractivity contribution is 7.89. The Bertz CT molecular complexity index is 1230. The number of nitrogens with two attached hydrogens (primary N) is 1. The Kier molecular flexibility index (Phi) is 6.26. The van der Waals surface area contributed by atoms with Gasteiger partial charge in [-0.1, -0.05) is 41.7 Å². The summed E-state index contributed by atoms with van der Waals surface area (Å²) in [7, 11) is -2.62. The number of rotatable bonds is 6. The molecule has 1 aromatic heterocycles. The quantitative estimate of drug-likeness (QED) is 0.592. The Hall–Kier alpha value is -2.82. The molecule has 0 saturated carbocycles. The molecule has 29 heavy (non-hydrogen) atoms. The average Bonchev–Trinajstić information content (AvgIpc) is 3.02. The zero-order valence-electron chi connectivity index (χ0n) is 15.6. The van der Waals surface area contributed by atoms with Crippen LogP contribution in [0.3, 0.4) is 0 Å². The highest BCUT2D eigenvalue weighted by Gasteiger charge is 2.15. The molecule has 0 spiro atoms. The number of primary sulfonamides is 1. The minimum absolute atomic E-state index is 0.0570. The largest absolute Gasteiger partial charge is 0.468 e. The molecule has 3 aromatic rings. The molecular formula is C19H19N3O5S2. The molecule has 0 aliphatic heterocycles. The van der Waals surface area contributed by atoms with Gasteiger partial charge < -0.3 is 9.30 Å². The fourth-order valence-electron chi connectivity index (χ4n) is 2.72. The van der Waals surface area contributed by atoms with Crippen LogP contribution in [-0.2, 0) is 37.3 Å². The van der Waals surface area contributed by atoms with Crippen LogP contribution < -0.4 is 9.94 Å². The molecule has 8 nitrogen and oxygen atoms in total. The molecule has 0 saturated heterocycles. The number of amides is 1. The minimum atomic E-state index is -3.88. The van der Waals surface area contributed by atoms with Crippen molar-refractivity contribution in [1.82, 2.24) is 4.57 Å². The van der Waals surface area contributed by atoms with Crippen molar-refractivity contribution in [3.8, 4) is 0 Å². The lowest BCUT2D eigenvalue weighted by Gasteiger charge is -2.04. The summed E-state index contributed by atoms with van der Waals surface area (Å²) in [4.78, 5) is 28.6. The fourth-order valence-corrected chi connectivity index (χ4v) is 4.42. The number of carbonyl (C=O) groups is 2. The van der Waals surface area contributed by atoms with Crippen molar-refractivity contribution in [3.63, 3.8) is 0 Å². The molecule has 2 aromatic carbocycles. The van der Waals surface area contributed by atoms with E-state index in [2.05, 4.69) is 4.99 Å². The number of ether oxygens (including phenoxy) is 1. The molecule has 10 heteroatoms. The highest BCUT2D eigenvalue weighted by Crippen LogP contribution is 2.21. The van der Waals surface area contributed by atoms with E-state index in [9.17, 15) is 18.0 Å². The van der Waals surface area contributed by atoms with Gasteiger partial charge in [-0.3, -0.25) is 9.59 Å². The fraction of sp³-hybridized carbons (Fsp3) is 0.211. The van der Waals surface area contributed by atoms with Crippen LogP contribution >= 0.6 is 11.3 Å². The average molecular weight is 434 g/mol. The van der Waals surface area contributed by atoms with E-state index in [0.717, 1.165) is 16.9 Å². The maximum Gasteiger partial charge on any atom is 0.325 e. The van der Waals surface area contributed by atoms with E-state index < -0.39 is 16.0 Å². The number of benzene rings is 2. The molecule has 3 rings (SSSR count). The standard InChI is InChI=1S/C19H19N3O5S2/c1-27-18(24)12-22-15-9-8-14(29(20,25)26)11-16(15)28-19(22)21-17(23)10-7-13-5-3-2-4-6-13/h2-6,8-9,11H,7,10,12H2,1H3,(H2,20,25,26). The minimum Gasteiger partial charge on any atom is -0.468 e. The summed E-state index contributed by atoms with van der Waals surface area (Å²) in [6, 6.07) is 13.8. The zero-order chi connectivity index (χ0) is 21.0. The smallest absolute Gasteiger partial charge is 0.325 e. The van der Waals surface area contributed by atoms with Gasteiger partial charge in [-0.05, 0) is 30.2 Å². The third-order valence-corrected chi connectivity index (χ3v) is 6.14. The summed E-state index contributed by atoms with van der Waals surface area (Å²) in [5.41, 5.74) is 1.58. The van der Waals surface area contributed by atoms with Gasteiger partial charge in [0.1, 0.15) is 6.54 Å². The Morgan fingerprint density at radius 2 is 1.90 bits per heavy atom. The van der Waals surface area contributed by atoms with Gasteiger partial charge in [-0.2, -0.15) is 4.99 Å². The summed E-state index contributed by atoms with van der Waals surface area (Å²) in [5, 5.41) is 5.19. The van der Waals surface area contributed by atoms with E-state index in [1.54, 1.807) is 0 Å². The van der Waals surface area contributed by atoms with Crippen molar-refractivity contribution in [2.75, 3.05) is 7.11 Å². The van der Waals surface area contributed by atoms with Gasteiger partial charge >= 0.3 is 5.97 Å². The van der Waals surface area contributed by atoms with Crippen LogP contribution in [0.25, 0.3) is 10.2 Å². The highest BCUT2D eigenvalue weighted by atomic mass is 32.2. The molecule has 1 amide bonds. The molecule has 0 fully saturated rings. The van der Waals surface area contributed by atoms with E-state index in [-0.39, 0.29) is 28.6 Å². The number of thiazole rings is 1. The molecule has 2 N–H and O–H groups in total. The monoisotopic (exact) mass is 433 g/mol. The Morgan fingerprint density at radius 1 is 1.17 bits per heavy atom. The molecule has 1 heterocycles. The summed E-state index contributed by atoms with van der Waals surface area (Å²) in [5.74, 6) is -0.857. The maximum atomic E-state index is 12.4. The topological polar surface area (TPSA) is 121 Å². The van der Waals surface area contributed by atoms with E-state index in [1.807, 2.05) is 30.3 Å². The van der Waals surface area contributed by atoms with Crippen molar-refractivity contribution in [3.05, 3.63) is 58.9 Å².